The van der Waals surface area contributed by atoms with Gasteiger partial charge >= 0.3 is 6.18 Å². The molecule has 0 atom stereocenters. The number of imidazole rings is 1. The predicted octanol–water partition coefficient (Wildman–Crippen LogP) is 2.63. The van der Waals surface area contributed by atoms with Crippen LogP contribution < -0.4 is 0 Å². The summed E-state index contributed by atoms with van der Waals surface area (Å²) in [6, 6.07) is 4.18. The van der Waals surface area contributed by atoms with Crippen LogP contribution in [-0.2, 0) is 37.0 Å². The predicted molar refractivity (Wildman–Crippen MR) is 81.8 cm³/mol. The van der Waals surface area contributed by atoms with Gasteiger partial charge in [0.1, 0.15) is 18.1 Å². The zero-order chi connectivity index (χ0) is 17.6. The Morgan fingerprint density at radius 3 is 2.84 bits per heavy atom. The van der Waals surface area contributed by atoms with E-state index in [9.17, 15) is 18.0 Å². The van der Waals surface area contributed by atoms with Gasteiger partial charge in [-0.25, -0.2) is 4.98 Å². The van der Waals surface area contributed by atoms with Crippen LogP contribution in [0.15, 0.2) is 24.4 Å². The van der Waals surface area contributed by atoms with E-state index in [1.807, 2.05) is 4.57 Å². The molecule has 3 heterocycles. The van der Waals surface area contributed by atoms with E-state index in [4.69, 9.17) is 4.74 Å². The van der Waals surface area contributed by atoms with E-state index >= 15 is 0 Å². The van der Waals surface area contributed by atoms with Crippen LogP contribution in [0, 0.1) is 0 Å². The first-order valence-corrected chi connectivity index (χ1v) is 8.04. The van der Waals surface area contributed by atoms with Gasteiger partial charge in [0.05, 0.1) is 12.2 Å². The molecule has 25 heavy (non-hydrogen) atoms. The highest BCUT2D eigenvalue weighted by Crippen LogP contribution is 2.35. The molecule has 5 nitrogen and oxygen atoms in total. The number of carbonyl (C=O) groups is 1. The van der Waals surface area contributed by atoms with E-state index in [0.717, 1.165) is 6.07 Å². The Balaban J connectivity index is 1.62. The zero-order valence-corrected chi connectivity index (χ0v) is 13.3. The molecule has 2 aromatic rings. The summed E-state index contributed by atoms with van der Waals surface area (Å²) in [7, 11) is 0. The van der Waals surface area contributed by atoms with Gasteiger partial charge in [-0.15, -0.1) is 0 Å². The highest BCUT2D eigenvalue weighted by Gasteiger charge is 2.36. The number of fused-ring (bicyclic) bond motifs is 2. The molecule has 0 N–H and O–H groups in total. The summed E-state index contributed by atoms with van der Waals surface area (Å²) in [4.78, 5) is 18.4. The Morgan fingerprint density at radius 1 is 1.24 bits per heavy atom. The molecule has 0 unspecified atom stereocenters. The molecule has 0 saturated carbocycles. The van der Waals surface area contributed by atoms with Crippen molar-refractivity contribution in [2.75, 3.05) is 13.2 Å². The first-order chi connectivity index (χ1) is 11.9. The lowest BCUT2D eigenvalue weighted by Crippen LogP contribution is -2.37. The Morgan fingerprint density at radius 2 is 2.08 bits per heavy atom. The lowest BCUT2D eigenvalue weighted by atomic mass is 9.94. The van der Waals surface area contributed by atoms with Crippen LogP contribution in [0.25, 0.3) is 0 Å². The maximum Gasteiger partial charge on any atom is 0.416 e. The van der Waals surface area contributed by atoms with Crippen molar-refractivity contribution in [2.45, 2.75) is 32.3 Å². The Bertz CT molecular complexity index is 806. The van der Waals surface area contributed by atoms with Gasteiger partial charge in [-0.3, -0.25) is 4.79 Å². The second kappa shape index (κ2) is 5.87. The number of halogens is 3. The fourth-order valence-corrected chi connectivity index (χ4v) is 3.37. The first-order valence-electron chi connectivity index (χ1n) is 8.04. The van der Waals surface area contributed by atoms with Crippen LogP contribution in [0.2, 0.25) is 0 Å². The topological polar surface area (TPSA) is 47.4 Å². The van der Waals surface area contributed by atoms with Crippen LogP contribution in [0.4, 0.5) is 13.2 Å². The third kappa shape index (κ3) is 2.90. The number of benzene rings is 1. The minimum absolute atomic E-state index is 0.0530. The maximum atomic E-state index is 13.2. The van der Waals surface area contributed by atoms with E-state index in [2.05, 4.69) is 4.98 Å². The van der Waals surface area contributed by atoms with Crippen molar-refractivity contribution in [2.24, 2.45) is 0 Å². The van der Waals surface area contributed by atoms with Gasteiger partial charge in [0.25, 0.3) is 5.91 Å². The monoisotopic (exact) mass is 351 g/mol. The van der Waals surface area contributed by atoms with Crippen molar-refractivity contribution in [3.05, 3.63) is 52.6 Å². The Labute approximate surface area is 142 Å². The molecule has 1 aromatic carbocycles. The quantitative estimate of drug-likeness (QED) is 0.794. The number of ether oxygens (including phenoxy) is 1. The molecular formula is C17H16F3N3O2. The Hall–Kier alpha value is -2.35. The summed E-state index contributed by atoms with van der Waals surface area (Å²) in [5.74, 6) is 0.326. The Kier molecular flexibility index (Phi) is 3.79. The number of amides is 1. The van der Waals surface area contributed by atoms with Crippen molar-refractivity contribution < 1.29 is 22.7 Å². The standard InChI is InChI=1S/C17H16F3N3O2/c18-17(19,20)13-3-1-2-11-4-5-23(8-12(11)13)16(24)14-9-22-6-7-25-10-15(22)21-14/h1-3,9H,4-8,10H2. The van der Waals surface area contributed by atoms with Crippen molar-refractivity contribution >= 4 is 5.91 Å². The normalized spacial score (nSPS) is 17.2. The van der Waals surface area contributed by atoms with Crippen molar-refractivity contribution in [3.63, 3.8) is 0 Å². The molecule has 8 heteroatoms. The number of nitrogens with zero attached hydrogens (tertiary/aromatic N) is 3. The highest BCUT2D eigenvalue weighted by molar-refractivity contribution is 5.92. The fraction of sp³-hybridized carbons (Fsp3) is 0.412. The number of hydrogen-bond acceptors (Lipinski definition) is 3. The molecule has 0 fully saturated rings. The van der Waals surface area contributed by atoms with E-state index in [1.165, 1.54) is 11.0 Å². The molecule has 0 radical (unpaired) electrons. The summed E-state index contributed by atoms with van der Waals surface area (Å²) in [5, 5.41) is 0. The van der Waals surface area contributed by atoms with Gasteiger partial charge in [0.2, 0.25) is 0 Å². The van der Waals surface area contributed by atoms with Gasteiger partial charge < -0.3 is 14.2 Å². The maximum absolute atomic E-state index is 13.2. The van der Waals surface area contributed by atoms with E-state index in [-0.39, 0.29) is 23.7 Å². The average Bonchev–Trinajstić information content (AvgIpc) is 3.03. The number of rotatable bonds is 1. The molecule has 0 saturated heterocycles. The van der Waals surface area contributed by atoms with Gasteiger partial charge in [-0.1, -0.05) is 12.1 Å². The third-order valence-electron chi connectivity index (χ3n) is 4.65. The van der Waals surface area contributed by atoms with Crippen LogP contribution >= 0.6 is 0 Å². The highest BCUT2D eigenvalue weighted by atomic mass is 19.4. The van der Waals surface area contributed by atoms with Crippen LogP contribution in [0.3, 0.4) is 0 Å². The summed E-state index contributed by atoms with van der Waals surface area (Å²) < 4.78 is 46.9. The molecule has 1 aromatic heterocycles. The lowest BCUT2D eigenvalue weighted by Gasteiger charge is -2.30. The smallest absolute Gasteiger partial charge is 0.372 e. The van der Waals surface area contributed by atoms with E-state index in [1.54, 1.807) is 12.3 Å². The first kappa shape index (κ1) is 16.1. The molecule has 132 valence electrons. The number of carbonyl (C=O) groups excluding carboxylic acids is 1. The van der Waals surface area contributed by atoms with Gasteiger partial charge in [0, 0.05) is 25.8 Å². The number of aromatic nitrogens is 2. The molecule has 1 amide bonds. The lowest BCUT2D eigenvalue weighted by molar-refractivity contribution is -0.138. The van der Waals surface area contributed by atoms with Gasteiger partial charge in [0.15, 0.2) is 0 Å². The van der Waals surface area contributed by atoms with E-state index < -0.39 is 11.7 Å². The number of alkyl halides is 3. The van der Waals surface area contributed by atoms with Gasteiger partial charge in [-0.2, -0.15) is 13.2 Å². The second-order valence-corrected chi connectivity index (χ2v) is 6.21. The van der Waals surface area contributed by atoms with Crippen molar-refractivity contribution in [3.8, 4) is 0 Å². The van der Waals surface area contributed by atoms with Crippen LogP contribution in [0.1, 0.15) is 33.0 Å². The van der Waals surface area contributed by atoms with Crippen molar-refractivity contribution in [1.82, 2.24) is 14.5 Å². The largest absolute Gasteiger partial charge is 0.416 e. The van der Waals surface area contributed by atoms with Gasteiger partial charge in [-0.05, 0) is 23.6 Å². The molecule has 2 aliphatic rings. The average molecular weight is 351 g/mol. The zero-order valence-electron chi connectivity index (χ0n) is 13.3. The van der Waals surface area contributed by atoms with Crippen LogP contribution in [0.5, 0.6) is 0 Å². The molecule has 0 aliphatic carbocycles. The minimum Gasteiger partial charge on any atom is -0.372 e. The molecular weight excluding hydrogens is 335 g/mol. The van der Waals surface area contributed by atoms with Crippen LogP contribution in [-0.4, -0.2) is 33.5 Å². The molecule has 0 spiro atoms. The SMILES string of the molecule is O=C(c1cn2c(n1)COCC2)N1CCc2cccc(C(F)(F)F)c2C1. The molecule has 4 rings (SSSR count). The summed E-state index contributed by atoms with van der Waals surface area (Å²) in [6.45, 7) is 1.85. The minimum atomic E-state index is -4.43. The van der Waals surface area contributed by atoms with E-state index in [0.29, 0.717) is 44.1 Å². The third-order valence-corrected chi connectivity index (χ3v) is 4.65. The van der Waals surface area contributed by atoms with Crippen molar-refractivity contribution in [1.29, 1.82) is 0 Å². The molecule has 0 bridgehead atoms. The second-order valence-electron chi connectivity index (χ2n) is 6.21. The number of hydrogen-bond donors (Lipinski definition) is 0. The summed E-state index contributed by atoms with van der Waals surface area (Å²) >= 11 is 0. The fourth-order valence-electron chi connectivity index (χ4n) is 3.37. The summed E-state index contributed by atoms with van der Waals surface area (Å²) in [5.41, 5.74) is 0.423. The summed E-state index contributed by atoms with van der Waals surface area (Å²) in [6.07, 6.45) is -2.37. The molecule has 2 aliphatic heterocycles.